The topological polar surface area (TPSA) is 20.3 Å². The number of anilines is 1. The van der Waals surface area contributed by atoms with Crippen molar-refractivity contribution in [3.05, 3.63) is 30.1 Å². The number of benzene rings is 1. The van der Waals surface area contributed by atoms with Gasteiger partial charge in [-0.25, -0.2) is 9.18 Å². The minimum Gasteiger partial charge on any atom is -0.233 e. The summed E-state index contributed by atoms with van der Waals surface area (Å²) in [7, 11) is 0. The van der Waals surface area contributed by atoms with Crippen molar-refractivity contribution in [1.29, 1.82) is 0 Å². The molecule has 0 saturated carbocycles. The second-order valence-corrected chi connectivity index (χ2v) is 2.54. The lowest BCUT2D eigenvalue weighted by molar-refractivity contribution is -0.122. The van der Waals surface area contributed by atoms with Gasteiger partial charge in [0.05, 0.1) is 5.69 Å². The van der Waals surface area contributed by atoms with Gasteiger partial charge in [0.25, 0.3) is 0 Å². The molecule has 1 aromatic rings. The number of halogens is 5. The Balaban J connectivity index is 3.16. The summed E-state index contributed by atoms with van der Waals surface area (Å²) < 4.78 is 61.1. The zero-order chi connectivity index (χ0) is 11.6. The molecule has 0 heterocycles. The third-order valence-corrected chi connectivity index (χ3v) is 1.50. The van der Waals surface area contributed by atoms with Crippen molar-refractivity contribution in [2.24, 2.45) is 0 Å². The summed E-state index contributed by atoms with van der Waals surface area (Å²) in [4.78, 5) is 9.03. The van der Waals surface area contributed by atoms with E-state index in [2.05, 4.69) is 0 Å². The van der Waals surface area contributed by atoms with Crippen LogP contribution >= 0.6 is 0 Å². The third kappa shape index (κ3) is 2.64. The number of nitrogens with zero attached hydrogens (tertiary/aromatic N) is 1. The van der Waals surface area contributed by atoms with Gasteiger partial charge in [-0.1, -0.05) is 6.07 Å². The van der Waals surface area contributed by atoms with E-state index in [1.54, 1.807) is 0 Å². The Morgan fingerprint density at radius 1 is 1.27 bits per heavy atom. The molecule has 1 aromatic carbocycles. The second kappa shape index (κ2) is 3.84. The van der Waals surface area contributed by atoms with E-state index in [1.165, 1.54) is 0 Å². The van der Waals surface area contributed by atoms with E-state index in [-0.39, 0.29) is 0 Å². The maximum atomic E-state index is 12.6. The lowest BCUT2D eigenvalue weighted by atomic mass is 10.3. The molecule has 0 aromatic heterocycles. The molecule has 2 nitrogen and oxygen atoms in total. The van der Waals surface area contributed by atoms with E-state index in [4.69, 9.17) is 0 Å². The SMILES string of the molecule is O=C(F)N(c1cccc(F)c1)C(F)(F)F. The molecule has 7 heteroatoms. The van der Waals surface area contributed by atoms with Gasteiger partial charge in [0.1, 0.15) is 5.82 Å². The first-order valence-corrected chi connectivity index (χ1v) is 3.64. The number of amides is 1. The Kier molecular flexibility index (Phi) is 2.92. The van der Waals surface area contributed by atoms with Crippen molar-refractivity contribution in [1.82, 2.24) is 0 Å². The van der Waals surface area contributed by atoms with Crippen molar-refractivity contribution >= 4 is 11.8 Å². The van der Waals surface area contributed by atoms with E-state index in [1.807, 2.05) is 0 Å². The standard InChI is InChI=1S/C8H4F5NO/c9-5-2-1-3-6(4-5)14(7(10)15)8(11,12)13/h1-4H. The van der Waals surface area contributed by atoms with E-state index in [9.17, 15) is 26.7 Å². The quantitative estimate of drug-likeness (QED) is 0.408. The van der Waals surface area contributed by atoms with Crippen LogP contribution < -0.4 is 4.90 Å². The molecule has 0 aliphatic carbocycles. The largest absolute Gasteiger partial charge is 0.493 e. The van der Waals surface area contributed by atoms with Crippen LogP contribution in [0.15, 0.2) is 24.3 Å². The van der Waals surface area contributed by atoms with Crippen LogP contribution in [0.2, 0.25) is 0 Å². The Morgan fingerprint density at radius 3 is 2.27 bits per heavy atom. The average Bonchev–Trinajstić information content (AvgIpc) is 1.99. The summed E-state index contributed by atoms with van der Waals surface area (Å²) >= 11 is 0. The van der Waals surface area contributed by atoms with Crippen molar-refractivity contribution in [3.8, 4) is 0 Å². The zero-order valence-electron chi connectivity index (χ0n) is 7.05. The van der Waals surface area contributed by atoms with Crippen LogP contribution in [0, 0.1) is 5.82 Å². The van der Waals surface area contributed by atoms with E-state index < -0.39 is 28.9 Å². The molecule has 0 aliphatic rings. The Morgan fingerprint density at radius 2 is 1.87 bits per heavy atom. The lowest BCUT2D eigenvalue weighted by Gasteiger charge is -2.20. The Bertz CT molecular complexity index is 376. The van der Waals surface area contributed by atoms with Gasteiger partial charge in [-0.05, 0) is 18.2 Å². The van der Waals surface area contributed by atoms with Crippen LogP contribution in [0.1, 0.15) is 0 Å². The minimum absolute atomic E-state index is 0.408. The molecule has 0 bridgehead atoms. The average molecular weight is 225 g/mol. The predicted octanol–water partition coefficient (Wildman–Crippen LogP) is 3.24. The third-order valence-electron chi connectivity index (χ3n) is 1.50. The molecule has 15 heavy (non-hydrogen) atoms. The Hall–Kier alpha value is -1.66. The second-order valence-electron chi connectivity index (χ2n) is 2.54. The highest BCUT2D eigenvalue weighted by Crippen LogP contribution is 2.29. The van der Waals surface area contributed by atoms with Gasteiger partial charge in [-0.15, -0.1) is 17.6 Å². The van der Waals surface area contributed by atoms with Gasteiger partial charge in [0, 0.05) is 0 Å². The molecular formula is C8H4F5NO. The normalized spacial score (nSPS) is 11.3. The van der Waals surface area contributed by atoms with E-state index in [0.717, 1.165) is 18.2 Å². The maximum absolute atomic E-state index is 12.6. The van der Waals surface area contributed by atoms with E-state index in [0.29, 0.717) is 6.07 Å². The maximum Gasteiger partial charge on any atom is 0.493 e. The highest BCUT2D eigenvalue weighted by Gasteiger charge is 2.42. The molecule has 0 atom stereocenters. The molecule has 1 amide bonds. The summed E-state index contributed by atoms with van der Waals surface area (Å²) in [6, 6.07) is 2.99. The lowest BCUT2D eigenvalue weighted by Crippen LogP contribution is -2.40. The van der Waals surface area contributed by atoms with Gasteiger partial charge in [-0.2, -0.15) is 4.90 Å². The molecule has 0 spiro atoms. The van der Waals surface area contributed by atoms with Crippen molar-refractivity contribution in [2.45, 2.75) is 6.30 Å². The van der Waals surface area contributed by atoms with Gasteiger partial charge >= 0.3 is 12.5 Å². The summed E-state index contributed by atoms with van der Waals surface area (Å²) in [5.74, 6) is -0.997. The molecule has 1 rings (SSSR count). The zero-order valence-corrected chi connectivity index (χ0v) is 7.05. The Labute approximate surface area is 80.9 Å². The molecule has 0 radical (unpaired) electrons. The van der Waals surface area contributed by atoms with Crippen LogP contribution in [-0.4, -0.2) is 12.5 Å². The van der Waals surface area contributed by atoms with Crippen molar-refractivity contribution < 1.29 is 26.7 Å². The first-order valence-electron chi connectivity index (χ1n) is 3.64. The number of hydrogen-bond donors (Lipinski definition) is 0. The van der Waals surface area contributed by atoms with Gasteiger partial charge in [0.2, 0.25) is 0 Å². The van der Waals surface area contributed by atoms with Gasteiger partial charge in [-0.3, -0.25) is 0 Å². The molecule has 0 saturated heterocycles. The van der Waals surface area contributed by atoms with Crippen LogP contribution in [0.5, 0.6) is 0 Å². The summed E-state index contributed by atoms with van der Waals surface area (Å²) in [5.41, 5.74) is -0.907. The van der Waals surface area contributed by atoms with Gasteiger partial charge < -0.3 is 0 Å². The molecule has 0 aliphatic heterocycles. The number of hydrogen-bond acceptors (Lipinski definition) is 1. The molecule has 82 valence electrons. The van der Waals surface area contributed by atoms with Crippen LogP contribution in [0.4, 0.5) is 32.4 Å². The number of rotatable bonds is 1. The highest BCUT2D eigenvalue weighted by atomic mass is 19.4. The summed E-state index contributed by atoms with van der Waals surface area (Å²) in [6.45, 7) is 0. The fraction of sp³-hybridized carbons (Fsp3) is 0.125. The predicted molar refractivity (Wildman–Crippen MR) is 41.4 cm³/mol. The van der Waals surface area contributed by atoms with Crippen LogP contribution in [0.25, 0.3) is 0 Å². The van der Waals surface area contributed by atoms with Gasteiger partial charge in [0.15, 0.2) is 0 Å². The van der Waals surface area contributed by atoms with Crippen LogP contribution in [0.3, 0.4) is 0 Å². The molecule has 0 fully saturated rings. The first kappa shape index (κ1) is 11.4. The fourth-order valence-corrected chi connectivity index (χ4v) is 0.963. The number of alkyl halides is 3. The molecular weight excluding hydrogens is 221 g/mol. The monoisotopic (exact) mass is 225 g/mol. The van der Waals surface area contributed by atoms with Crippen LogP contribution in [-0.2, 0) is 0 Å². The smallest absolute Gasteiger partial charge is 0.233 e. The number of carbonyl (C=O) groups excluding carboxylic acids is 1. The van der Waals surface area contributed by atoms with E-state index >= 15 is 0 Å². The summed E-state index contributed by atoms with van der Waals surface area (Å²) in [6.07, 6.45) is -7.94. The number of carbonyl (C=O) groups is 1. The minimum atomic E-state index is -5.22. The first-order chi connectivity index (χ1) is 6.82. The molecule has 0 unspecified atom stereocenters. The van der Waals surface area contributed by atoms with Crippen molar-refractivity contribution in [3.63, 3.8) is 0 Å². The highest BCUT2D eigenvalue weighted by molar-refractivity contribution is 5.87. The molecule has 0 N–H and O–H groups in total. The van der Waals surface area contributed by atoms with Crippen molar-refractivity contribution in [2.75, 3.05) is 4.90 Å². The fourth-order valence-electron chi connectivity index (χ4n) is 0.963. The summed E-state index contributed by atoms with van der Waals surface area (Å²) in [5, 5.41) is 0.